The summed E-state index contributed by atoms with van der Waals surface area (Å²) >= 11 is 0. The third-order valence-corrected chi connectivity index (χ3v) is 4.61. The summed E-state index contributed by atoms with van der Waals surface area (Å²) in [5.41, 5.74) is 2.48. The van der Waals surface area contributed by atoms with Gasteiger partial charge in [-0.3, -0.25) is 0 Å². The van der Waals surface area contributed by atoms with Crippen LogP contribution in [-0.4, -0.2) is 18.8 Å². The minimum atomic E-state index is 0.348. The summed E-state index contributed by atoms with van der Waals surface area (Å²) in [6.45, 7) is 5.70. The van der Waals surface area contributed by atoms with Crippen LogP contribution in [0.2, 0.25) is 0 Å². The van der Waals surface area contributed by atoms with Gasteiger partial charge in [0, 0.05) is 18.7 Å². The Balaban J connectivity index is 1.45. The van der Waals surface area contributed by atoms with Crippen LogP contribution < -0.4 is 10.1 Å². The Morgan fingerprint density at radius 3 is 2.42 bits per heavy atom. The van der Waals surface area contributed by atoms with Crippen molar-refractivity contribution in [1.29, 1.82) is 0 Å². The molecule has 3 nitrogen and oxygen atoms in total. The third-order valence-electron chi connectivity index (χ3n) is 4.61. The van der Waals surface area contributed by atoms with Crippen LogP contribution in [0.1, 0.15) is 43.9 Å². The van der Waals surface area contributed by atoms with Gasteiger partial charge in [-0.2, -0.15) is 0 Å². The van der Waals surface area contributed by atoms with Gasteiger partial charge in [-0.1, -0.05) is 42.5 Å². The van der Waals surface area contributed by atoms with Crippen LogP contribution in [0.15, 0.2) is 54.6 Å². The van der Waals surface area contributed by atoms with E-state index < -0.39 is 0 Å². The van der Waals surface area contributed by atoms with E-state index in [1.54, 1.807) is 0 Å². The molecule has 1 aliphatic rings. The second kappa shape index (κ2) is 8.32. The maximum atomic E-state index is 5.84. The highest BCUT2D eigenvalue weighted by atomic mass is 16.5. The van der Waals surface area contributed by atoms with Gasteiger partial charge < -0.3 is 14.8 Å². The minimum Gasteiger partial charge on any atom is -0.489 e. The molecule has 1 aliphatic carbocycles. The quantitative estimate of drug-likeness (QED) is 0.776. The number of rotatable bonds is 8. The van der Waals surface area contributed by atoms with E-state index in [9.17, 15) is 0 Å². The maximum Gasteiger partial charge on any atom is 0.119 e. The smallest absolute Gasteiger partial charge is 0.119 e. The predicted molar refractivity (Wildman–Crippen MR) is 97.2 cm³/mol. The molecule has 3 heteroatoms. The summed E-state index contributed by atoms with van der Waals surface area (Å²) in [4.78, 5) is 0. The van der Waals surface area contributed by atoms with E-state index in [0.29, 0.717) is 24.8 Å². The van der Waals surface area contributed by atoms with Gasteiger partial charge in [0.25, 0.3) is 0 Å². The summed E-state index contributed by atoms with van der Waals surface area (Å²) in [5.74, 6) is 0.912. The van der Waals surface area contributed by atoms with Crippen molar-refractivity contribution in [2.45, 2.75) is 51.5 Å². The van der Waals surface area contributed by atoms with Crippen LogP contribution in [-0.2, 0) is 11.3 Å². The fraction of sp³-hybridized carbons (Fsp3) is 0.429. The number of hydrogen-bond acceptors (Lipinski definition) is 3. The van der Waals surface area contributed by atoms with Crippen molar-refractivity contribution >= 4 is 0 Å². The average molecular weight is 325 g/mol. The van der Waals surface area contributed by atoms with E-state index in [2.05, 4.69) is 55.6 Å². The van der Waals surface area contributed by atoms with Crippen LogP contribution in [0.4, 0.5) is 0 Å². The number of nitrogens with one attached hydrogen (secondary N) is 1. The first-order chi connectivity index (χ1) is 11.7. The first-order valence-electron chi connectivity index (χ1n) is 8.89. The van der Waals surface area contributed by atoms with Crippen LogP contribution in [0, 0.1) is 0 Å². The van der Waals surface area contributed by atoms with Crippen molar-refractivity contribution in [3.63, 3.8) is 0 Å². The fourth-order valence-electron chi connectivity index (χ4n) is 3.12. The van der Waals surface area contributed by atoms with E-state index >= 15 is 0 Å². The summed E-state index contributed by atoms with van der Waals surface area (Å²) in [7, 11) is 0. The molecular weight excluding hydrogens is 298 g/mol. The van der Waals surface area contributed by atoms with Crippen molar-refractivity contribution in [1.82, 2.24) is 5.32 Å². The molecule has 0 heterocycles. The predicted octanol–water partition coefficient (Wildman–Crippen LogP) is 4.48. The number of benzene rings is 2. The minimum absolute atomic E-state index is 0.348. The molecule has 0 aliphatic heterocycles. The van der Waals surface area contributed by atoms with Crippen molar-refractivity contribution in [2.24, 2.45) is 0 Å². The zero-order chi connectivity index (χ0) is 16.8. The van der Waals surface area contributed by atoms with E-state index in [0.717, 1.165) is 25.2 Å². The first kappa shape index (κ1) is 17.0. The van der Waals surface area contributed by atoms with Crippen molar-refractivity contribution in [3.05, 3.63) is 65.7 Å². The Kier molecular flexibility index (Phi) is 5.89. The summed E-state index contributed by atoms with van der Waals surface area (Å²) in [6.07, 6.45) is 2.70. The molecule has 2 aromatic rings. The maximum absolute atomic E-state index is 5.84. The molecule has 24 heavy (non-hydrogen) atoms. The zero-order valence-corrected chi connectivity index (χ0v) is 14.6. The van der Waals surface area contributed by atoms with Crippen LogP contribution in [0.25, 0.3) is 0 Å². The molecule has 1 N–H and O–H groups in total. The Labute approximate surface area is 145 Å². The Hall–Kier alpha value is -1.84. The SMILES string of the molecule is CCOC1CC(NC(C)c2ccc(OCc3ccccc3)cc2)C1. The van der Waals surface area contributed by atoms with Gasteiger partial charge in [-0.25, -0.2) is 0 Å². The van der Waals surface area contributed by atoms with Gasteiger partial charge >= 0.3 is 0 Å². The molecule has 1 atom stereocenters. The van der Waals surface area contributed by atoms with E-state index in [-0.39, 0.29) is 0 Å². The van der Waals surface area contributed by atoms with Gasteiger partial charge in [-0.05, 0) is 49.9 Å². The molecule has 3 rings (SSSR count). The highest BCUT2D eigenvalue weighted by molar-refractivity contribution is 5.29. The molecular formula is C21H27NO2. The second-order valence-corrected chi connectivity index (χ2v) is 6.48. The normalized spacial score (nSPS) is 21.1. The molecule has 1 unspecified atom stereocenters. The molecule has 1 fully saturated rings. The van der Waals surface area contributed by atoms with E-state index in [1.165, 1.54) is 11.1 Å². The van der Waals surface area contributed by atoms with Gasteiger partial charge in [-0.15, -0.1) is 0 Å². The molecule has 0 spiro atoms. The standard InChI is InChI=1S/C21H27NO2/c1-3-23-21-13-19(14-21)22-16(2)18-9-11-20(12-10-18)24-15-17-7-5-4-6-8-17/h4-12,16,19,21-22H,3,13-15H2,1-2H3. The highest BCUT2D eigenvalue weighted by Crippen LogP contribution is 2.27. The lowest BCUT2D eigenvalue weighted by atomic mass is 9.88. The molecule has 1 saturated carbocycles. The van der Waals surface area contributed by atoms with Crippen LogP contribution in [0.3, 0.4) is 0 Å². The zero-order valence-electron chi connectivity index (χ0n) is 14.6. The van der Waals surface area contributed by atoms with Gasteiger partial charge in [0.05, 0.1) is 6.10 Å². The van der Waals surface area contributed by atoms with Crippen LogP contribution in [0.5, 0.6) is 5.75 Å². The summed E-state index contributed by atoms with van der Waals surface area (Å²) < 4.78 is 11.5. The molecule has 128 valence electrons. The average Bonchev–Trinajstić information content (AvgIpc) is 2.59. The topological polar surface area (TPSA) is 30.5 Å². The molecule has 2 aromatic carbocycles. The van der Waals surface area contributed by atoms with Gasteiger partial charge in [0.2, 0.25) is 0 Å². The third kappa shape index (κ3) is 4.59. The van der Waals surface area contributed by atoms with Gasteiger partial charge in [0.15, 0.2) is 0 Å². The largest absolute Gasteiger partial charge is 0.489 e. The first-order valence-corrected chi connectivity index (χ1v) is 8.89. The Morgan fingerprint density at radius 1 is 1.04 bits per heavy atom. The molecule has 0 aromatic heterocycles. The molecule has 0 radical (unpaired) electrons. The number of ether oxygens (including phenoxy) is 2. The van der Waals surface area contributed by atoms with E-state index in [4.69, 9.17) is 9.47 Å². The number of hydrogen-bond donors (Lipinski definition) is 1. The van der Waals surface area contributed by atoms with Crippen molar-refractivity contribution < 1.29 is 9.47 Å². The monoisotopic (exact) mass is 325 g/mol. The lowest BCUT2D eigenvalue weighted by Crippen LogP contribution is -2.46. The van der Waals surface area contributed by atoms with Crippen LogP contribution >= 0.6 is 0 Å². The van der Waals surface area contributed by atoms with Gasteiger partial charge in [0.1, 0.15) is 12.4 Å². The molecule has 0 amide bonds. The lowest BCUT2D eigenvalue weighted by molar-refractivity contribution is -0.0120. The molecule has 0 saturated heterocycles. The highest BCUT2D eigenvalue weighted by Gasteiger charge is 2.30. The Morgan fingerprint density at radius 2 is 1.75 bits per heavy atom. The fourth-order valence-corrected chi connectivity index (χ4v) is 3.12. The van der Waals surface area contributed by atoms with Crippen molar-refractivity contribution in [2.75, 3.05) is 6.61 Å². The summed E-state index contributed by atoms with van der Waals surface area (Å²) in [6, 6.07) is 19.6. The van der Waals surface area contributed by atoms with E-state index in [1.807, 2.05) is 18.2 Å². The summed E-state index contributed by atoms with van der Waals surface area (Å²) in [5, 5.41) is 3.68. The Bertz CT molecular complexity index is 605. The van der Waals surface area contributed by atoms with Crippen molar-refractivity contribution in [3.8, 4) is 5.75 Å². The second-order valence-electron chi connectivity index (χ2n) is 6.48. The molecule has 0 bridgehead atoms. The lowest BCUT2D eigenvalue weighted by Gasteiger charge is -2.37.